The van der Waals surface area contributed by atoms with E-state index < -0.39 is 24.0 Å². The predicted molar refractivity (Wildman–Crippen MR) is 50.3 cm³/mol. The number of carboxylic acid groups (broad SMARTS) is 1. The Kier molecular flexibility index (Phi) is 3.57. The monoisotopic (exact) mass is 264 g/mol. The number of alkyl halides is 1. The molecule has 76 valence electrons. The molecule has 0 bridgehead atoms. The van der Waals surface area contributed by atoms with Gasteiger partial charge in [-0.05, 0) is 17.2 Å². The van der Waals surface area contributed by atoms with Crippen molar-refractivity contribution in [2.24, 2.45) is 0 Å². The van der Waals surface area contributed by atoms with Crippen LogP contribution in [0.15, 0.2) is 12.1 Å². The molecule has 0 aliphatic rings. The molecule has 0 heterocycles. The maximum Gasteiger partial charge on any atom is 0.307 e. The first kappa shape index (κ1) is 11.1. The first-order chi connectivity index (χ1) is 6.54. The minimum absolute atomic E-state index is 0.00616. The van der Waals surface area contributed by atoms with Crippen molar-refractivity contribution >= 4 is 21.9 Å². The van der Waals surface area contributed by atoms with Gasteiger partial charge in [0.05, 0.1) is 6.42 Å². The van der Waals surface area contributed by atoms with Crippen LogP contribution in [-0.4, -0.2) is 11.1 Å². The minimum Gasteiger partial charge on any atom is -0.481 e. The van der Waals surface area contributed by atoms with Gasteiger partial charge in [0, 0.05) is 11.4 Å². The summed E-state index contributed by atoms with van der Waals surface area (Å²) >= 11 is 3.02. The molecule has 0 radical (unpaired) electrons. The van der Waals surface area contributed by atoms with Gasteiger partial charge in [-0.3, -0.25) is 4.79 Å². The van der Waals surface area contributed by atoms with E-state index in [9.17, 15) is 13.6 Å². The highest BCUT2D eigenvalue weighted by molar-refractivity contribution is 9.08. The van der Waals surface area contributed by atoms with E-state index in [1.54, 1.807) is 0 Å². The van der Waals surface area contributed by atoms with E-state index in [0.717, 1.165) is 0 Å². The number of carbonyl (C=O) groups is 1. The van der Waals surface area contributed by atoms with E-state index in [4.69, 9.17) is 5.11 Å². The van der Waals surface area contributed by atoms with Crippen LogP contribution in [0.25, 0.3) is 0 Å². The van der Waals surface area contributed by atoms with Gasteiger partial charge in [0.2, 0.25) is 0 Å². The molecule has 14 heavy (non-hydrogen) atoms. The number of hydrogen-bond acceptors (Lipinski definition) is 1. The van der Waals surface area contributed by atoms with E-state index in [-0.39, 0.29) is 16.5 Å². The highest BCUT2D eigenvalue weighted by atomic mass is 79.9. The van der Waals surface area contributed by atoms with Crippen LogP contribution in [0.3, 0.4) is 0 Å². The van der Waals surface area contributed by atoms with Gasteiger partial charge in [-0.25, -0.2) is 8.78 Å². The van der Waals surface area contributed by atoms with Crippen molar-refractivity contribution in [3.05, 3.63) is 34.9 Å². The molecule has 0 amide bonds. The molecule has 0 fully saturated rings. The van der Waals surface area contributed by atoms with E-state index in [2.05, 4.69) is 15.9 Å². The van der Waals surface area contributed by atoms with Crippen LogP contribution in [0.2, 0.25) is 0 Å². The van der Waals surface area contributed by atoms with Crippen LogP contribution in [0.1, 0.15) is 11.1 Å². The fourth-order valence-electron chi connectivity index (χ4n) is 1.05. The Bertz CT molecular complexity index is 366. The lowest BCUT2D eigenvalue weighted by Gasteiger charge is -2.04. The smallest absolute Gasteiger partial charge is 0.307 e. The summed E-state index contributed by atoms with van der Waals surface area (Å²) in [7, 11) is 0. The summed E-state index contributed by atoms with van der Waals surface area (Å²) in [6, 6.07) is 1.92. The molecule has 0 unspecified atom stereocenters. The molecule has 0 aliphatic heterocycles. The fourth-order valence-corrected chi connectivity index (χ4v) is 1.48. The number of rotatable bonds is 3. The second-order valence-electron chi connectivity index (χ2n) is 2.74. The van der Waals surface area contributed by atoms with Gasteiger partial charge < -0.3 is 5.11 Å². The largest absolute Gasteiger partial charge is 0.481 e. The Labute approximate surface area is 87.7 Å². The van der Waals surface area contributed by atoms with E-state index in [1.807, 2.05) is 0 Å². The lowest BCUT2D eigenvalue weighted by molar-refractivity contribution is -0.136. The molecule has 1 aromatic carbocycles. The zero-order chi connectivity index (χ0) is 10.7. The van der Waals surface area contributed by atoms with Gasteiger partial charge in [-0.2, -0.15) is 0 Å². The molecule has 1 N–H and O–H groups in total. The minimum atomic E-state index is -1.14. The lowest BCUT2D eigenvalue weighted by atomic mass is 10.1. The number of aliphatic carboxylic acids is 1. The zero-order valence-electron chi connectivity index (χ0n) is 7.06. The van der Waals surface area contributed by atoms with Crippen molar-refractivity contribution in [2.75, 3.05) is 0 Å². The van der Waals surface area contributed by atoms with Gasteiger partial charge in [0.15, 0.2) is 0 Å². The standard InChI is InChI=1S/C9H7BrF2O2/c10-4-6-1-5(2-9(13)14)7(11)3-8(6)12/h1,3H,2,4H2,(H,13,14). The molecule has 0 atom stereocenters. The third-order valence-corrected chi connectivity index (χ3v) is 2.31. The van der Waals surface area contributed by atoms with Gasteiger partial charge >= 0.3 is 5.97 Å². The Morgan fingerprint density at radius 1 is 1.29 bits per heavy atom. The Hall–Kier alpha value is -0.970. The summed E-state index contributed by atoms with van der Waals surface area (Å²) in [6.45, 7) is 0. The average Bonchev–Trinajstić information content (AvgIpc) is 2.09. The number of carboxylic acids is 1. The maximum absolute atomic E-state index is 13.0. The molecule has 0 spiro atoms. The first-order valence-electron chi connectivity index (χ1n) is 3.79. The molecule has 0 saturated carbocycles. The molecule has 0 aliphatic carbocycles. The summed E-state index contributed by atoms with van der Waals surface area (Å²) < 4.78 is 26.0. The summed E-state index contributed by atoms with van der Waals surface area (Å²) in [5.74, 6) is -2.64. The second-order valence-corrected chi connectivity index (χ2v) is 3.30. The third kappa shape index (κ3) is 2.51. The van der Waals surface area contributed by atoms with Crippen LogP contribution in [-0.2, 0) is 16.5 Å². The molecule has 2 nitrogen and oxygen atoms in total. The van der Waals surface area contributed by atoms with Gasteiger partial charge in [-0.1, -0.05) is 15.9 Å². The third-order valence-electron chi connectivity index (χ3n) is 1.70. The van der Waals surface area contributed by atoms with Crippen molar-refractivity contribution in [1.82, 2.24) is 0 Å². The summed E-state index contributed by atoms with van der Waals surface area (Å²) in [5, 5.41) is 8.68. The molecule has 1 rings (SSSR count). The fraction of sp³-hybridized carbons (Fsp3) is 0.222. The maximum atomic E-state index is 13.0. The molecule has 0 aromatic heterocycles. The molecular weight excluding hydrogens is 258 g/mol. The van der Waals surface area contributed by atoms with Crippen LogP contribution in [0, 0.1) is 11.6 Å². The van der Waals surface area contributed by atoms with Crippen molar-refractivity contribution in [2.45, 2.75) is 11.8 Å². The SMILES string of the molecule is O=C(O)Cc1cc(CBr)c(F)cc1F. The zero-order valence-corrected chi connectivity index (χ0v) is 8.64. The average molecular weight is 265 g/mol. The van der Waals surface area contributed by atoms with Crippen LogP contribution in [0.5, 0.6) is 0 Å². The normalized spacial score (nSPS) is 10.2. The highest BCUT2D eigenvalue weighted by Crippen LogP contribution is 2.17. The van der Waals surface area contributed by atoms with Crippen LogP contribution < -0.4 is 0 Å². The van der Waals surface area contributed by atoms with Gasteiger partial charge in [0.25, 0.3) is 0 Å². The van der Waals surface area contributed by atoms with Crippen molar-refractivity contribution in [3.8, 4) is 0 Å². The predicted octanol–water partition coefficient (Wildman–Crippen LogP) is 2.49. The first-order valence-corrected chi connectivity index (χ1v) is 4.91. The van der Waals surface area contributed by atoms with Crippen molar-refractivity contribution < 1.29 is 18.7 Å². The highest BCUT2D eigenvalue weighted by Gasteiger charge is 2.11. The van der Waals surface area contributed by atoms with Crippen molar-refractivity contribution in [3.63, 3.8) is 0 Å². The topological polar surface area (TPSA) is 37.3 Å². The molecule has 1 aromatic rings. The van der Waals surface area contributed by atoms with Crippen LogP contribution >= 0.6 is 15.9 Å². The number of benzene rings is 1. The molecular formula is C9H7BrF2O2. The number of hydrogen-bond donors (Lipinski definition) is 1. The Morgan fingerprint density at radius 3 is 2.36 bits per heavy atom. The summed E-state index contributed by atoms with van der Waals surface area (Å²) in [4.78, 5) is 10.3. The van der Waals surface area contributed by atoms with Crippen LogP contribution in [0.4, 0.5) is 8.78 Å². The summed E-state index contributed by atoms with van der Waals surface area (Å²) in [5.41, 5.74) is 0.246. The molecule has 5 heteroatoms. The van der Waals surface area contributed by atoms with E-state index >= 15 is 0 Å². The van der Waals surface area contributed by atoms with Gasteiger partial charge in [0.1, 0.15) is 11.6 Å². The summed E-state index contributed by atoms with van der Waals surface area (Å²) in [6.07, 6.45) is -0.438. The van der Waals surface area contributed by atoms with E-state index in [0.29, 0.717) is 6.07 Å². The Morgan fingerprint density at radius 2 is 1.86 bits per heavy atom. The lowest BCUT2D eigenvalue weighted by Crippen LogP contribution is -2.04. The quantitative estimate of drug-likeness (QED) is 0.852. The Balaban J connectivity index is 3.10. The number of halogens is 3. The van der Waals surface area contributed by atoms with Crippen molar-refractivity contribution in [1.29, 1.82) is 0 Å². The van der Waals surface area contributed by atoms with E-state index in [1.165, 1.54) is 6.07 Å². The second kappa shape index (κ2) is 4.50. The van der Waals surface area contributed by atoms with Gasteiger partial charge in [-0.15, -0.1) is 0 Å². The molecule has 0 saturated heterocycles.